The molecule has 3 unspecified atom stereocenters. The number of carboxylic acids is 1. The number of aliphatic carboxylic acids is 1. The minimum absolute atomic E-state index is 0.0124. The van der Waals surface area contributed by atoms with Gasteiger partial charge in [0, 0.05) is 30.3 Å². The molecule has 0 bridgehead atoms. The van der Waals surface area contributed by atoms with Crippen molar-refractivity contribution in [3.63, 3.8) is 0 Å². The Bertz CT molecular complexity index is 458. The summed E-state index contributed by atoms with van der Waals surface area (Å²) in [5.41, 5.74) is 0.930. The zero-order valence-electron chi connectivity index (χ0n) is 11.6. The number of hydrogen-bond donors (Lipinski definition) is 3. The average molecular weight is 279 g/mol. The Morgan fingerprint density at radius 1 is 1.55 bits per heavy atom. The largest absolute Gasteiger partial charge is 0.481 e. The Morgan fingerprint density at radius 2 is 2.35 bits per heavy atom. The maximum atomic E-state index is 12.1. The summed E-state index contributed by atoms with van der Waals surface area (Å²) in [5.74, 6) is -1.25. The molecule has 1 heterocycles. The minimum Gasteiger partial charge on any atom is -0.481 e. The third-order valence-corrected chi connectivity index (χ3v) is 3.90. The van der Waals surface area contributed by atoms with Crippen molar-refractivity contribution in [1.29, 1.82) is 0 Å². The molecule has 3 atom stereocenters. The van der Waals surface area contributed by atoms with Gasteiger partial charge in [0.15, 0.2) is 0 Å². The first-order chi connectivity index (χ1) is 9.56. The number of amides is 1. The maximum absolute atomic E-state index is 12.1. The summed E-state index contributed by atoms with van der Waals surface area (Å²) < 4.78 is 0. The molecule has 6 heteroatoms. The van der Waals surface area contributed by atoms with Gasteiger partial charge in [0.1, 0.15) is 0 Å². The zero-order chi connectivity index (χ0) is 14.5. The van der Waals surface area contributed by atoms with Crippen molar-refractivity contribution in [3.05, 3.63) is 18.2 Å². The smallest absolute Gasteiger partial charge is 0.306 e. The second-order valence-electron chi connectivity index (χ2n) is 5.59. The van der Waals surface area contributed by atoms with Crippen molar-refractivity contribution < 1.29 is 14.7 Å². The van der Waals surface area contributed by atoms with Gasteiger partial charge in [-0.3, -0.25) is 9.59 Å². The Balaban J connectivity index is 1.82. The van der Waals surface area contributed by atoms with E-state index in [2.05, 4.69) is 15.3 Å². The molecule has 1 aliphatic rings. The Labute approximate surface area is 118 Å². The van der Waals surface area contributed by atoms with Gasteiger partial charge in [-0.25, -0.2) is 4.98 Å². The number of carbonyl (C=O) groups excluding carboxylic acids is 1. The van der Waals surface area contributed by atoms with E-state index in [-0.39, 0.29) is 23.8 Å². The highest BCUT2D eigenvalue weighted by Gasteiger charge is 2.28. The molecule has 0 spiro atoms. The third-order valence-electron chi connectivity index (χ3n) is 3.90. The summed E-state index contributed by atoms with van der Waals surface area (Å²) in [6.45, 7) is 1.87. The molecule has 1 aromatic rings. The number of aromatic amines is 1. The lowest BCUT2D eigenvalue weighted by Gasteiger charge is -2.28. The molecule has 20 heavy (non-hydrogen) atoms. The van der Waals surface area contributed by atoms with Crippen LogP contribution in [-0.2, 0) is 16.0 Å². The predicted octanol–water partition coefficient (Wildman–Crippen LogP) is 1.35. The van der Waals surface area contributed by atoms with E-state index in [1.165, 1.54) is 0 Å². The van der Waals surface area contributed by atoms with E-state index in [9.17, 15) is 9.59 Å². The summed E-state index contributed by atoms with van der Waals surface area (Å²) >= 11 is 0. The normalized spacial score (nSPS) is 24.1. The molecule has 3 N–H and O–H groups in total. The number of hydrogen-bond acceptors (Lipinski definition) is 3. The molecular weight excluding hydrogens is 258 g/mol. The lowest BCUT2D eigenvalue weighted by Crippen LogP contribution is -2.42. The molecule has 2 rings (SSSR count). The molecule has 0 radical (unpaired) electrons. The second kappa shape index (κ2) is 6.54. The van der Waals surface area contributed by atoms with Gasteiger partial charge in [-0.15, -0.1) is 0 Å². The van der Waals surface area contributed by atoms with E-state index in [1.807, 2.05) is 6.92 Å². The van der Waals surface area contributed by atoms with Crippen molar-refractivity contribution in [2.75, 3.05) is 0 Å². The van der Waals surface area contributed by atoms with Crippen LogP contribution in [-0.4, -0.2) is 33.0 Å². The topological polar surface area (TPSA) is 95.1 Å². The van der Waals surface area contributed by atoms with E-state index in [4.69, 9.17) is 5.11 Å². The molecule has 1 fully saturated rings. The monoisotopic (exact) mass is 279 g/mol. The van der Waals surface area contributed by atoms with Gasteiger partial charge in [0.05, 0.1) is 12.2 Å². The van der Waals surface area contributed by atoms with Crippen molar-refractivity contribution in [2.24, 2.45) is 11.8 Å². The lowest BCUT2D eigenvalue weighted by molar-refractivity contribution is -0.143. The number of imidazole rings is 1. The first-order valence-electron chi connectivity index (χ1n) is 7.06. The molecule has 1 aliphatic carbocycles. The van der Waals surface area contributed by atoms with Crippen LogP contribution in [0.25, 0.3) is 0 Å². The number of nitrogens with zero attached hydrogens (tertiary/aromatic N) is 1. The second-order valence-corrected chi connectivity index (χ2v) is 5.59. The maximum Gasteiger partial charge on any atom is 0.306 e. The molecule has 110 valence electrons. The van der Waals surface area contributed by atoms with Crippen LogP contribution in [0.15, 0.2) is 12.5 Å². The lowest BCUT2D eigenvalue weighted by atomic mass is 9.85. The fourth-order valence-electron chi connectivity index (χ4n) is 2.71. The van der Waals surface area contributed by atoms with Crippen LogP contribution in [0.3, 0.4) is 0 Å². The fraction of sp³-hybridized carbons (Fsp3) is 0.643. The predicted molar refractivity (Wildman–Crippen MR) is 73.0 cm³/mol. The molecule has 0 aromatic carbocycles. The Hall–Kier alpha value is -1.85. The number of carboxylic acid groups (broad SMARTS) is 1. The summed E-state index contributed by atoms with van der Waals surface area (Å²) in [4.78, 5) is 30.0. The molecule has 0 saturated heterocycles. The third kappa shape index (κ3) is 3.82. The summed E-state index contributed by atoms with van der Waals surface area (Å²) in [6.07, 6.45) is 6.90. The van der Waals surface area contributed by atoms with Gasteiger partial charge in [-0.2, -0.15) is 0 Å². The van der Waals surface area contributed by atoms with Crippen LogP contribution in [0.4, 0.5) is 0 Å². The van der Waals surface area contributed by atoms with Gasteiger partial charge >= 0.3 is 5.97 Å². The van der Waals surface area contributed by atoms with E-state index < -0.39 is 5.97 Å². The van der Waals surface area contributed by atoms with E-state index >= 15 is 0 Å². The van der Waals surface area contributed by atoms with Gasteiger partial charge in [-0.05, 0) is 19.3 Å². The first kappa shape index (κ1) is 14.6. The summed E-state index contributed by atoms with van der Waals surface area (Å²) in [5, 5.41) is 12.0. The number of nitrogens with one attached hydrogen (secondary N) is 2. The number of H-pyrrole nitrogens is 1. The van der Waals surface area contributed by atoms with Crippen molar-refractivity contribution in [3.8, 4) is 0 Å². The van der Waals surface area contributed by atoms with Gasteiger partial charge in [0.2, 0.25) is 5.91 Å². The highest BCUT2D eigenvalue weighted by molar-refractivity contribution is 5.79. The first-order valence-corrected chi connectivity index (χ1v) is 7.06. The van der Waals surface area contributed by atoms with Gasteiger partial charge in [-0.1, -0.05) is 13.3 Å². The molecule has 1 saturated carbocycles. The number of carbonyl (C=O) groups is 2. The SMILES string of the molecule is CC(Cc1cnc[nH]1)C(=O)NC1CCCC(C(=O)O)C1. The van der Waals surface area contributed by atoms with Crippen LogP contribution in [0, 0.1) is 11.8 Å². The van der Waals surface area contributed by atoms with Gasteiger partial charge in [0.25, 0.3) is 0 Å². The van der Waals surface area contributed by atoms with Crippen molar-refractivity contribution >= 4 is 11.9 Å². The van der Waals surface area contributed by atoms with Gasteiger partial charge < -0.3 is 15.4 Å². The summed E-state index contributed by atoms with van der Waals surface area (Å²) in [6, 6.07) is -0.0124. The fourth-order valence-corrected chi connectivity index (χ4v) is 2.71. The van der Waals surface area contributed by atoms with Crippen LogP contribution >= 0.6 is 0 Å². The van der Waals surface area contributed by atoms with Crippen molar-refractivity contribution in [1.82, 2.24) is 15.3 Å². The number of rotatable bonds is 5. The number of aromatic nitrogens is 2. The van der Waals surface area contributed by atoms with Crippen molar-refractivity contribution in [2.45, 2.75) is 45.1 Å². The Kier molecular flexibility index (Phi) is 4.76. The van der Waals surface area contributed by atoms with E-state index in [0.29, 0.717) is 19.3 Å². The average Bonchev–Trinajstić information content (AvgIpc) is 2.91. The standard InChI is InChI=1S/C14H21N3O3/c1-9(5-12-7-15-8-16-12)13(18)17-11-4-2-3-10(6-11)14(19)20/h7-11H,2-6H2,1H3,(H,15,16)(H,17,18)(H,19,20). The molecule has 0 aliphatic heterocycles. The molecule has 1 aromatic heterocycles. The Morgan fingerprint density at radius 3 is 3.00 bits per heavy atom. The minimum atomic E-state index is -0.755. The molecule has 6 nitrogen and oxygen atoms in total. The van der Waals surface area contributed by atoms with E-state index in [1.54, 1.807) is 12.5 Å². The molecule has 1 amide bonds. The van der Waals surface area contributed by atoms with Crippen LogP contribution in [0.2, 0.25) is 0 Å². The van der Waals surface area contributed by atoms with Crippen LogP contribution in [0.5, 0.6) is 0 Å². The highest BCUT2D eigenvalue weighted by Crippen LogP contribution is 2.24. The highest BCUT2D eigenvalue weighted by atomic mass is 16.4. The van der Waals surface area contributed by atoms with E-state index in [0.717, 1.165) is 18.5 Å². The molecular formula is C14H21N3O3. The quantitative estimate of drug-likeness (QED) is 0.758. The zero-order valence-corrected chi connectivity index (χ0v) is 11.6. The summed E-state index contributed by atoms with van der Waals surface area (Å²) in [7, 11) is 0. The van der Waals surface area contributed by atoms with Crippen LogP contribution < -0.4 is 5.32 Å². The van der Waals surface area contributed by atoms with Crippen LogP contribution in [0.1, 0.15) is 38.3 Å².